The van der Waals surface area contributed by atoms with Crippen LogP contribution in [0.25, 0.3) is 89.2 Å². The number of hydrogen-bond donors (Lipinski definition) is 0. The van der Waals surface area contributed by atoms with Crippen LogP contribution in [0.2, 0.25) is 0 Å². The van der Waals surface area contributed by atoms with Crippen molar-refractivity contribution in [3.8, 4) is 89.9 Å². The lowest BCUT2D eigenvalue weighted by molar-refractivity contribution is 0.487. The number of aromatic nitrogens is 2. The predicted octanol–water partition coefficient (Wildman–Crippen LogP) is 13.4. The van der Waals surface area contributed by atoms with E-state index in [-0.39, 0.29) is 0 Å². The van der Waals surface area contributed by atoms with Gasteiger partial charge in [0.2, 0.25) is 0 Å². The maximum atomic E-state index is 6.35. The molecule has 1 aromatic heterocycles. The highest BCUT2D eigenvalue weighted by atomic mass is 16.5. The Hall–Kier alpha value is -7.10. The number of nitrogens with zero attached hydrogens (tertiary/aromatic N) is 2. The molecule has 0 N–H and O–H groups in total. The second kappa shape index (κ2) is 12.9. The third kappa shape index (κ3) is 5.75. The summed E-state index contributed by atoms with van der Waals surface area (Å²) in [6, 6.07) is 68.0. The molecule has 8 aromatic carbocycles. The van der Waals surface area contributed by atoms with Gasteiger partial charge in [-0.25, -0.2) is 9.97 Å². The SMILES string of the molecule is c1ccc(-c2ccc(-c3cc(-c4ccc(-c5ccccc5)cc4)nc(-c4ccc(-c5ccc6c(c5)-c5cccc7cccc(c57)O6)cc4)n3)cc2)cc1. The molecule has 0 saturated carbocycles. The summed E-state index contributed by atoms with van der Waals surface area (Å²) in [5.74, 6) is 2.47. The normalized spacial score (nSPS) is 11.5. The van der Waals surface area contributed by atoms with E-state index in [1.165, 1.54) is 33.2 Å². The highest BCUT2D eigenvalue weighted by molar-refractivity contribution is 6.04. The van der Waals surface area contributed by atoms with Gasteiger partial charge in [-0.05, 0) is 68.6 Å². The predicted molar refractivity (Wildman–Crippen MR) is 218 cm³/mol. The lowest BCUT2D eigenvalue weighted by Crippen LogP contribution is -1.97. The van der Waals surface area contributed by atoms with Gasteiger partial charge < -0.3 is 4.74 Å². The van der Waals surface area contributed by atoms with Crippen LogP contribution in [0.15, 0.2) is 194 Å². The zero-order chi connectivity index (χ0) is 35.1. The molecule has 1 aliphatic heterocycles. The Morgan fingerprint density at radius 3 is 1.36 bits per heavy atom. The number of rotatable bonds is 6. The molecule has 0 atom stereocenters. The first-order valence-electron chi connectivity index (χ1n) is 17.9. The molecule has 1 aliphatic rings. The monoisotopic (exact) mass is 676 g/mol. The summed E-state index contributed by atoms with van der Waals surface area (Å²) < 4.78 is 6.35. The average Bonchev–Trinajstić information content (AvgIpc) is 3.24. The van der Waals surface area contributed by atoms with E-state index in [4.69, 9.17) is 14.7 Å². The molecule has 0 unspecified atom stereocenters. The third-order valence-electron chi connectivity index (χ3n) is 10.1. The molecule has 0 radical (unpaired) electrons. The van der Waals surface area contributed by atoms with Gasteiger partial charge in [0, 0.05) is 27.6 Å². The maximum Gasteiger partial charge on any atom is 0.160 e. The molecule has 3 nitrogen and oxygen atoms in total. The lowest BCUT2D eigenvalue weighted by Gasteiger charge is -2.22. The van der Waals surface area contributed by atoms with Crippen LogP contribution in [0.4, 0.5) is 0 Å². The van der Waals surface area contributed by atoms with E-state index in [1.54, 1.807) is 0 Å². The number of hydrogen-bond acceptors (Lipinski definition) is 3. The second-order valence-electron chi connectivity index (χ2n) is 13.4. The van der Waals surface area contributed by atoms with Crippen LogP contribution in [0.3, 0.4) is 0 Å². The van der Waals surface area contributed by atoms with Crippen LogP contribution >= 0.6 is 0 Å². The summed E-state index contributed by atoms with van der Waals surface area (Å²) >= 11 is 0. The van der Waals surface area contributed by atoms with E-state index in [0.29, 0.717) is 5.82 Å². The topological polar surface area (TPSA) is 35.0 Å². The molecule has 10 rings (SSSR count). The zero-order valence-corrected chi connectivity index (χ0v) is 28.8. The van der Waals surface area contributed by atoms with Crippen LogP contribution in [-0.4, -0.2) is 9.97 Å². The van der Waals surface area contributed by atoms with E-state index >= 15 is 0 Å². The molecule has 0 amide bonds. The van der Waals surface area contributed by atoms with Gasteiger partial charge in [-0.1, -0.05) is 170 Å². The van der Waals surface area contributed by atoms with Gasteiger partial charge in [0.15, 0.2) is 5.82 Å². The minimum Gasteiger partial charge on any atom is -0.456 e. The summed E-state index contributed by atoms with van der Waals surface area (Å²) in [5, 5.41) is 2.34. The van der Waals surface area contributed by atoms with Crippen molar-refractivity contribution < 1.29 is 4.74 Å². The molecule has 53 heavy (non-hydrogen) atoms. The Morgan fingerprint density at radius 2 is 0.774 bits per heavy atom. The van der Waals surface area contributed by atoms with Gasteiger partial charge in [-0.15, -0.1) is 0 Å². The quantitative estimate of drug-likeness (QED) is 0.176. The Kier molecular flexibility index (Phi) is 7.47. The minimum atomic E-state index is 0.686. The van der Waals surface area contributed by atoms with E-state index in [0.717, 1.165) is 61.7 Å². The van der Waals surface area contributed by atoms with Crippen LogP contribution in [0.5, 0.6) is 11.5 Å². The van der Waals surface area contributed by atoms with Gasteiger partial charge in [0.05, 0.1) is 11.4 Å². The third-order valence-corrected chi connectivity index (χ3v) is 10.1. The van der Waals surface area contributed by atoms with Gasteiger partial charge >= 0.3 is 0 Å². The Morgan fingerprint density at radius 1 is 0.302 bits per heavy atom. The maximum absolute atomic E-state index is 6.35. The average molecular weight is 677 g/mol. The fourth-order valence-electron chi connectivity index (χ4n) is 7.36. The fourth-order valence-corrected chi connectivity index (χ4v) is 7.36. The van der Waals surface area contributed by atoms with Crippen molar-refractivity contribution in [2.45, 2.75) is 0 Å². The molecule has 0 bridgehead atoms. The van der Waals surface area contributed by atoms with Gasteiger partial charge in [0.25, 0.3) is 0 Å². The lowest BCUT2D eigenvalue weighted by atomic mass is 9.92. The number of fused-ring (bicyclic) bond motifs is 2. The molecule has 3 heteroatoms. The summed E-state index contributed by atoms with van der Waals surface area (Å²) in [5.41, 5.74) is 14.1. The molecule has 0 fully saturated rings. The first kappa shape index (κ1) is 30.7. The van der Waals surface area contributed by atoms with Crippen molar-refractivity contribution >= 4 is 10.8 Å². The molecule has 248 valence electrons. The van der Waals surface area contributed by atoms with Gasteiger partial charge in [-0.3, -0.25) is 0 Å². The van der Waals surface area contributed by atoms with Crippen LogP contribution in [0.1, 0.15) is 0 Å². The Balaban J connectivity index is 1.02. The van der Waals surface area contributed by atoms with Crippen molar-refractivity contribution in [2.75, 3.05) is 0 Å². The highest BCUT2D eigenvalue weighted by Crippen LogP contribution is 2.47. The number of benzene rings is 8. The van der Waals surface area contributed by atoms with Gasteiger partial charge in [-0.2, -0.15) is 0 Å². The van der Waals surface area contributed by atoms with E-state index in [9.17, 15) is 0 Å². The molecule has 0 spiro atoms. The molecular formula is C50H32N2O. The molecule has 0 aliphatic carbocycles. The summed E-state index contributed by atoms with van der Waals surface area (Å²) in [6.07, 6.45) is 0. The first-order valence-corrected chi connectivity index (χ1v) is 17.9. The van der Waals surface area contributed by atoms with Gasteiger partial charge in [0.1, 0.15) is 11.5 Å². The van der Waals surface area contributed by atoms with E-state index < -0.39 is 0 Å². The molecule has 0 saturated heterocycles. The first-order chi connectivity index (χ1) is 26.2. The van der Waals surface area contributed by atoms with Crippen LogP contribution in [0, 0.1) is 0 Å². The van der Waals surface area contributed by atoms with Crippen LogP contribution < -0.4 is 4.74 Å². The molecule has 2 heterocycles. The number of ether oxygens (including phenoxy) is 1. The zero-order valence-electron chi connectivity index (χ0n) is 28.8. The molecular weight excluding hydrogens is 645 g/mol. The van der Waals surface area contributed by atoms with Crippen molar-refractivity contribution in [1.82, 2.24) is 9.97 Å². The minimum absolute atomic E-state index is 0.686. The summed E-state index contributed by atoms with van der Waals surface area (Å²) in [4.78, 5) is 10.3. The van der Waals surface area contributed by atoms with Crippen molar-refractivity contribution in [2.24, 2.45) is 0 Å². The van der Waals surface area contributed by atoms with Crippen LogP contribution in [-0.2, 0) is 0 Å². The highest BCUT2D eigenvalue weighted by Gasteiger charge is 2.20. The fraction of sp³-hybridized carbons (Fsp3) is 0. The molecule has 9 aromatic rings. The van der Waals surface area contributed by atoms with Crippen molar-refractivity contribution in [1.29, 1.82) is 0 Å². The van der Waals surface area contributed by atoms with E-state index in [2.05, 4.69) is 170 Å². The van der Waals surface area contributed by atoms with Crippen molar-refractivity contribution in [3.05, 3.63) is 194 Å². The standard InChI is InChI=1S/C50H32N2O/c1-3-9-33(10-4-1)35-17-23-38(24-18-35)45-32-46(39-25-19-36(20-26-39)34-11-5-2-6-12-34)52-50(51-45)41-27-21-37(22-28-41)42-29-30-47-44(31-42)43-15-7-13-40-14-8-16-48(53-47)49(40)43/h1-32H. The Labute approximate surface area is 308 Å². The second-order valence-corrected chi connectivity index (χ2v) is 13.4. The van der Waals surface area contributed by atoms with E-state index in [1.807, 2.05) is 24.3 Å². The summed E-state index contributed by atoms with van der Waals surface area (Å²) in [6.45, 7) is 0. The smallest absolute Gasteiger partial charge is 0.160 e. The Bertz CT molecular complexity index is 2650. The largest absolute Gasteiger partial charge is 0.456 e. The van der Waals surface area contributed by atoms with Crippen molar-refractivity contribution in [3.63, 3.8) is 0 Å². The summed E-state index contributed by atoms with van der Waals surface area (Å²) in [7, 11) is 0.